The Bertz CT molecular complexity index is 877. The van der Waals surface area contributed by atoms with Crippen molar-refractivity contribution in [3.8, 4) is 0 Å². The van der Waals surface area contributed by atoms with Crippen LogP contribution in [0.25, 0.3) is 0 Å². The van der Waals surface area contributed by atoms with Crippen molar-refractivity contribution >= 4 is 17.6 Å². The van der Waals surface area contributed by atoms with Crippen molar-refractivity contribution in [1.29, 1.82) is 0 Å². The highest BCUT2D eigenvalue weighted by atomic mass is 35.5. The van der Waals surface area contributed by atoms with Crippen LogP contribution in [0.3, 0.4) is 0 Å². The van der Waals surface area contributed by atoms with Crippen LogP contribution in [0.5, 0.6) is 0 Å². The van der Waals surface area contributed by atoms with E-state index in [0.717, 1.165) is 17.5 Å². The molecule has 0 amide bonds. The molecule has 4 atom stereocenters. The number of rotatable bonds is 4. The molecule has 3 nitrogen and oxygen atoms in total. The number of hydrogen-bond acceptors (Lipinski definition) is 2. The smallest absolute Gasteiger partial charge is 0.321 e. The van der Waals surface area contributed by atoms with Crippen LogP contribution in [0, 0.1) is 18.2 Å². The Balaban J connectivity index is 2.16. The molecule has 0 saturated carbocycles. The third kappa shape index (κ3) is 4.39. The van der Waals surface area contributed by atoms with Crippen molar-refractivity contribution < 1.29 is 14.3 Å². The lowest BCUT2D eigenvalue weighted by Crippen LogP contribution is -2.39. The van der Waals surface area contributed by atoms with Gasteiger partial charge in [0.15, 0.2) is 0 Å². The van der Waals surface area contributed by atoms with Gasteiger partial charge in [0.2, 0.25) is 0 Å². The molecule has 1 aliphatic heterocycles. The third-order valence-corrected chi connectivity index (χ3v) is 5.66. The molecule has 2 N–H and O–H groups in total. The van der Waals surface area contributed by atoms with Gasteiger partial charge in [-0.05, 0) is 42.0 Å². The first-order chi connectivity index (χ1) is 13.1. The average molecular weight is 404 g/mol. The molecule has 0 aliphatic carbocycles. The fourth-order valence-corrected chi connectivity index (χ4v) is 4.58. The van der Waals surface area contributed by atoms with Gasteiger partial charge in [-0.25, -0.2) is 4.39 Å². The molecular weight excluding hydrogens is 377 g/mol. The largest absolute Gasteiger partial charge is 0.480 e. The Morgan fingerprint density at radius 2 is 1.89 bits per heavy atom. The lowest BCUT2D eigenvalue weighted by molar-refractivity contribution is -0.139. The fourth-order valence-electron chi connectivity index (χ4n) is 4.43. The van der Waals surface area contributed by atoms with Crippen LogP contribution in [0.4, 0.5) is 4.39 Å². The van der Waals surface area contributed by atoms with Crippen LogP contribution in [0.15, 0.2) is 42.5 Å². The summed E-state index contributed by atoms with van der Waals surface area (Å²) in [4.78, 5) is 12.1. The van der Waals surface area contributed by atoms with Crippen molar-refractivity contribution in [1.82, 2.24) is 5.32 Å². The normalized spacial score (nSPS) is 25.1. The zero-order valence-corrected chi connectivity index (χ0v) is 17.4. The maximum atomic E-state index is 14.9. The van der Waals surface area contributed by atoms with Crippen LogP contribution in [-0.2, 0) is 4.79 Å². The highest BCUT2D eigenvalue weighted by Crippen LogP contribution is 2.47. The van der Waals surface area contributed by atoms with E-state index in [0.29, 0.717) is 10.6 Å². The van der Waals surface area contributed by atoms with Gasteiger partial charge < -0.3 is 10.4 Å². The number of carboxylic acids is 1. The third-order valence-electron chi connectivity index (χ3n) is 5.42. The number of hydrogen-bond donors (Lipinski definition) is 2. The van der Waals surface area contributed by atoms with E-state index in [9.17, 15) is 14.3 Å². The van der Waals surface area contributed by atoms with Gasteiger partial charge in [-0.3, -0.25) is 4.79 Å². The van der Waals surface area contributed by atoms with Crippen LogP contribution in [0.1, 0.15) is 55.7 Å². The van der Waals surface area contributed by atoms with Gasteiger partial charge in [0.1, 0.15) is 11.9 Å². The maximum absolute atomic E-state index is 14.9. The summed E-state index contributed by atoms with van der Waals surface area (Å²) in [5.41, 5.74) is 2.44. The number of carbonyl (C=O) groups is 1. The van der Waals surface area contributed by atoms with Crippen LogP contribution < -0.4 is 5.32 Å². The van der Waals surface area contributed by atoms with Gasteiger partial charge >= 0.3 is 5.97 Å². The van der Waals surface area contributed by atoms with Crippen molar-refractivity contribution in [3.63, 3.8) is 0 Å². The Morgan fingerprint density at radius 3 is 2.46 bits per heavy atom. The van der Waals surface area contributed by atoms with E-state index in [2.05, 4.69) is 26.1 Å². The zero-order valence-electron chi connectivity index (χ0n) is 16.7. The van der Waals surface area contributed by atoms with E-state index >= 15 is 0 Å². The molecule has 150 valence electrons. The van der Waals surface area contributed by atoms with Crippen LogP contribution in [0.2, 0.25) is 5.02 Å². The van der Waals surface area contributed by atoms with Crippen molar-refractivity contribution in [2.24, 2.45) is 5.41 Å². The molecule has 0 aromatic heterocycles. The van der Waals surface area contributed by atoms with Crippen molar-refractivity contribution in [2.45, 2.75) is 58.0 Å². The molecule has 1 fully saturated rings. The van der Waals surface area contributed by atoms with E-state index in [1.807, 2.05) is 31.2 Å². The molecule has 0 radical (unpaired) electrons. The van der Waals surface area contributed by atoms with Gasteiger partial charge in [0.25, 0.3) is 0 Å². The van der Waals surface area contributed by atoms with Gasteiger partial charge in [-0.15, -0.1) is 0 Å². The quantitative estimate of drug-likeness (QED) is 0.707. The van der Waals surface area contributed by atoms with Crippen molar-refractivity contribution in [2.75, 3.05) is 0 Å². The molecule has 2 aromatic carbocycles. The monoisotopic (exact) mass is 403 g/mol. The highest BCUT2D eigenvalue weighted by molar-refractivity contribution is 6.30. The second-order valence-electron chi connectivity index (χ2n) is 8.99. The summed E-state index contributed by atoms with van der Waals surface area (Å²) in [5.74, 6) is -1.98. The maximum Gasteiger partial charge on any atom is 0.321 e. The van der Waals surface area contributed by atoms with Crippen molar-refractivity contribution in [3.05, 3.63) is 70.0 Å². The minimum absolute atomic E-state index is 0.0383. The molecule has 4 unspecified atom stereocenters. The molecule has 1 heterocycles. The number of nitrogens with one attached hydrogen (secondary N) is 1. The Kier molecular flexibility index (Phi) is 5.83. The zero-order chi connectivity index (χ0) is 20.6. The summed E-state index contributed by atoms with van der Waals surface area (Å²) >= 11 is 5.97. The molecule has 0 spiro atoms. The Morgan fingerprint density at radius 1 is 1.18 bits per heavy atom. The Labute approximate surface area is 170 Å². The first-order valence-electron chi connectivity index (χ1n) is 9.57. The lowest BCUT2D eigenvalue weighted by atomic mass is 9.74. The minimum atomic E-state index is -0.915. The number of halogens is 2. The minimum Gasteiger partial charge on any atom is -0.480 e. The first kappa shape index (κ1) is 20.8. The van der Waals surface area contributed by atoms with E-state index < -0.39 is 12.0 Å². The molecular formula is C23H27ClFNO2. The predicted molar refractivity (Wildman–Crippen MR) is 110 cm³/mol. The lowest BCUT2D eigenvalue weighted by Gasteiger charge is -2.30. The molecule has 28 heavy (non-hydrogen) atoms. The van der Waals surface area contributed by atoms with E-state index in [4.69, 9.17) is 11.6 Å². The first-order valence-corrected chi connectivity index (χ1v) is 9.95. The van der Waals surface area contributed by atoms with Gasteiger partial charge in [0, 0.05) is 22.9 Å². The summed E-state index contributed by atoms with van der Waals surface area (Å²) < 4.78 is 14.9. The number of aliphatic carboxylic acids is 1. The standard InChI is InChI=1S/C23H27ClFNO2/c1-13-6-5-7-14(10-13)19-20(16-9-8-15(24)11-17(16)25)18(12-23(2,3)4)26-21(19)22(27)28/h5-11,18-21,26H,12H2,1-4H3,(H,27,28). The topological polar surface area (TPSA) is 49.3 Å². The highest BCUT2D eigenvalue weighted by Gasteiger charge is 2.49. The summed E-state index contributed by atoms with van der Waals surface area (Å²) in [6.45, 7) is 8.31. The van der Waals surface area contributed by atoms with E-state index in [1.54, 1.807) is 12.1 Å². The molecule has 2 aromatic rings. The predicted octanol–water partition coefficient (Wildman–Crippen LogP) is 5.52. The SMILES string of the molecule is Cc1cccc(C2C(C(=O)O)NC(CC(C)(C)C)C2c2ccc(Cl)cc2F)c1. The van der Waals surface area contributed by atoms with E-state index in [1.165, 1.54) is 6.07 Å². The van der Waals surface area contributed by atoms with Crippen LogP contribution >= 0.6 is 11.6 Å². The van der Waals surface area contributed by atoms with Crippen LogP contribution in [-0.4, -0.2) is 23.2 Å². The molecule has 0 bridgehead atoms. The molecule has 1 saturated heterocycles. The van der Waals surface area contributed by atoms with Gasteiger partial charge in [0.05, 0.1) is 0 Å². The average Bonchev–Trinajstić information content (AvgIpc) is 2.92. The summed E-state index contributed by atoms with van der Waals surface area (Å²) in [6, 6.07) is 11.6. The van der Waals surface area contributed by atoms with Gasteiger partial charge in [-0.1, -0.05) is 68.3 Å². The van der Waals surface area contributed by atoms with E-state index in [-0.39, 0.29) is 29.1 Å². The molecule has 1 aliphatic rings. The summed E-state index contributed by atoms with van der Waals surface area (Å²) in [6.07, 6.45) is 0.728. The summed E-state index contributed by atoms with van der Waals surface area (Å²) in [5, 5.41) is 13.6. The second-order valence-corrected chi connectivity index (χ2v) is 9.42. The Hall–Kier alpha value is -1.91. The summed E-state index contributed by atoms with van der Waals surface area (Å²) in [7, 11) is 0. The number of carboxylic acid groups (broad SMARTS) is 1. The number of aryl methyl sites for hydroxylation is 1. The molecule has 3 rings (SSSR count). The molecule has 5 heteroatoms. The fraction of sp³-hybridized carbons (Fsp3) is 0.435. The second kappa shape index (κ2) is 7.84. The number of benzene rings is 2. The van der Waals surface area contributed by atoms with Gasteiger partial charge in [-0.2, -0.15) is 0 Å².